The average molecular weight is 712 g/mol. The van der Waals surface area contributed by atoms with E-state index < -0.39 is 72.7 Å². The van der Waals surface area contributed by atoms with Gasteiger partial charge in [-0.3, -0.25) is 26.7 Å². The van der Waals surface area contributed by atoms with Crippen molar-refractivity contribution in [1.29, 1.82) is 0 Å². The number of nitrogens with one attached hydrogen (secondary N) is 5. The second kappa shape index (κ2) is 15.3. The summed E-state index contributed by atoms with van der Waals surface area (Å²) in [4.78, 5) is 1.19. The summed E-state index contributed by atoms with van der Waals surface area (Å²) in [5, 5.41) is 13.6. The number of ether oxygens (including phenoxy) is 1. The Balaban J connectivity index is 1.37. The number of thioether (sulfide) groups is 1. The zero-order chi connectivity index (χ0) is 34.0. The van der Waals surface area contributed by atoms with Crippen LogP contribution in [0.4, 0.5) is 26.3 Å². The second-order valence-electron chi connectivity index (χ2n) is 12.0. The number of hydrogen-bond donors (Lipinski definition) is 6. The first-order valence-electron chi connectivity index (χ1n) is 15.2. The maximum atomic E-state index is 15.5. The molecule has 2 aromatic carbocycles. The van der Waals surface area contributed by atoms with Gasteiger partial charge in [-0.15, -0.1) is 0 Å². The van der Waals surface area contributed by atoms with Gasteiger partial charge in [0.2, 0.25) is 15.3 Å². The molecular weight excluding hydrogens is 672 g/mol. The fourth-order valence-electron chi connectivity index (χ4n) is 6.06. The minimum atomic E-state index is -5.33. The van der Waals surface area contributed by atoms with Crippen LogP contribution in [0.15, 0.2) is 34.1 Å². The lowest BCUT2D eigenvalue weighted by Gasteiger charge is -2.49. The maximum Gasteiger partial charge on any atom is 0.236 e. The van der Waals surface area contributed by atoms with E-state index in [9.17, 15) is 26.0 Å². The summed E-state index contributed by atoms with van der Waals surface area (Å²) >= 11 is 0.977. The van der Waals surface area contributed by atoms with Crippen molar-refractivity contribution in [3.8, 4) is 0 Å². The van der Waals surface area contributed by atoms with Crippen LogP contribution >= 0.6 is 11.8 Å². The summed E-state index contributed by atoms with van der Waals surface area (Å²) in [6.45, 7) is 5.10. The van der Waals surface area contributed by atoms with Crippen LogP contribution in [0.3, 0.4) is 0 Å². The van der Waals surface area contributed by atoms with E-state index in [1.54, 1.807) is 7.11 Å². The fourth-order valence-corrected chi connectivity index (χ4v) is 8.34. The van der Waals surface area contributed by atoms with Crippen LogP contribution in [0.25, 0.3) is 0 Å². The lowest BCUT2D eigenvalue weighted by Crippen LogP contribution is -2.75. The molecule has 3 fully saturated rings. The topological polar surface area (TPSA) is 133 Å². The van der Waals surface area contributed by atoms with Crippen LogP contribution < -0.4 is 32.5 Å². The number of sulfone groups is 1. The molecule has 10 nitrogen and oxygen atoms in total. The van der Waals surface area contributed by atoms with Crippen molar-refractivity contribution >= 4 is 21.6 Å². The van der Waals surface area contributed by atoms with Crippen LogP contribution in [0, 0.1) is 40.9 Å². The third kappa shape index (κ3) is 8.08. The van der Waals surface area contributed by atoms with Gasteiger partial charge >= 0.3 is 0 Å². The summed E-state index contributed by atoms with van der Waals surface area (Å²) in [6.07, 6.45) is 1.64. The summed E-state index contributed by atoms with van der Waals surface area (Å²) in [7, 11) is -3.74. The molecule has 0 bridgehead atoms. The molecular formula is C29H39F6N7O3S2. The molecule has 7 N–H and O–H groups in total. The highest BCUT2D eigenvalue weighted by Crippen LogP contribution is 2.39. The minimum Gasteiger partial charge on any atom is -0.375 e. The van der Waals surface area contributed by atoms with Gasteiger partial charge in [0.05, 0.1) is 29.0 Å². The number of halogens is 6. The number of rotatable bonds is 13. The first-order valence-corrected chi connectivity index (χ1v) is 17.7. The smallest absolute Gasteiger partial charge is 0.236 e. The molecule has 5 rings (SSSR count). The predicted octanol–water partition coefficient (Wildman–Crippen LogP) is 2.78. The first-order chi connectivity index (χ1) is 22.3. The molecule has 262 valence electrons. The Bertz CT molecular complexity index is 1490. The number of nitrogens with zero attached hydrogens (tertiary/aromatic N) is 1. The van der Waals surface area contributed by atoms with Crippen LogP contribution in [-0.2, 0) is 14.6 Å². The van der Waals surface area contributed by atoms with Crippen LogP contribution in [0.2, 0.25) is 0 Å². The summed E-state index contributed by atoms with van der Waals surface area (Å²) in [5.41, 5.74) is -3.32. The lowest BCUT2D eigenvalue weighted by molar-refractivity contribution is -0.0606. The summed E-state index contributed by atoms with van der Waals surface area (Å²) in [5.74, 6) is -2.43. The molecule has 0 amide bonds. The van der Waals surface area contributed by atoms with Crippen molar-refractivity contribution in [1.82, 2.24) is 31.6 Å². The van der Waals surface area contributed by atoms with Gasteiger partial charge in [-0.05, 0) is 49.3 Å². The number of hydrogen-bond acceptors (Lipinski definition) is 11. The van der Waals surface area contributed by atoms with Crippen molar-refractivity contribution in [3.63, 3.8) is 0 Å². The summed E-state index contributed by atoms with van der Waals surface area (Å²) < 4.78 is 118. The fraction of sp³-hybridized carbons (Fsp3) is 0.586. The standard InChI is InChI=1S/C29H39F6N7O3S2/c1-14(15-3-4-15)11-21(41-36)38-27-25(45-2)28(42-9-7-37-8-10-42)40-29(39-27)46-20-6-5-16(12-17(20)30)47(43,44)26(35)22-23(33)18(31)13-19(32)24(22)34/h5-6,12-15,21,25-29,37-41H,3-4,7-11,36H2,1-2H3. The van der Waals surface area contributed by atoms with Gasteiger partial charge < -0.3 is 10.1 Å². The van der Waals surface area contributed by atoms with E-state index >= 15 is 8.78 Å². The molecule has 2 heterocycles. The van der Waals surface area contributed by atoms with Crippen molar-refractivity contribution in [2.75, 3.05) is 33.3 Å². The molecule has 2 aromatic rings. The van der Waals surface area contributed by atoms with E-state index in [1.165, 1.54) is 12.8 Å². The molecule has 1 saturated carbocycles. The molecule has 0 spiro atoms. The van der Waals surface area contributed by atoms with Crippen molar-refractivity contribution in [3.05, 3.63) is 58.9 Å². The highest BCUT2D eigenvalue weighted by molar-refractivity contribution is 7.99. The molecule has 3 aliphatic rings. The molecule has 7 atom stereocenters. The normalized spacial score (nSPS) is 26.2. The van der Waals surface area contributed by atoms with E-state index in [0.717, 1.165) is 43.4 Å². The minimum absolute atomic E-state index is 0.0388. The van der Waals surface area contributed by atoms with E-state index in [-0.39, 0.29) is 23.3 Å². The van der Waals surface area contributed by atoms with Gasteiger partial charge in [0.15, 0.2) is 23.3 Å². The van der Waals surface area contributed by atoms with Crippen LogP contribution in [-0.4, -0.2) is 76.7 Å². The average Bonchev–Trinajstić information content (AvgIpc) is 3.91. The second-order valence-corrected chi connectivity index (χ2v) is 15.1. The molecule has 0 radical (unpaired) electrons. The van der Waals surface area contributed by atoms with E-state index in [0.29, 0.717) is 31.0 Å². The first kappa shape index (κ1) is 36.3. The number of alkyl halides is 1. The molecule has 47 heavy (non-hydrogen) atoms. The van der Waals surface area contributed by atoms with E-state index in [4.69, 9.17) is 10.6 Å². The zero-order valence-corrected chi connectivity index (χ0v) is 27.3. The lowest BCUT2D eigenvalue weighted by atomic mass is 10.00. The number of piperazine rings is 1. The third-order valence-corrected chi connectivity index (χ3v) is 11.6. The zero-order valence-electron chi connectivity index (χ0n) is 25.7. The van der Waals surface area contributed by atoms with Gasteiger partial charge in [0, 0.05) is 44.3 Å². The Morgan fingerprint density at radius 3 is 2.28 bits per heavy atom. The Morgan fingerprint density at radius 2 is 1.70 bits per heavy atom. The largest absolute Gasteiger partial charge is 0.375 e. The summed E-state index contributed by atoms with van der Waals surface area (Å²) in [6, 6.07) is 2.26. The molecule has 2 saturated heterocycles. The van der Waals surface area contributed by atoms with Gasteiger partial charge in [-0.1, -0.05) is 18.7 Å². The van der Waals surface area contributed by atoms with Crippen molar-refractivity contribution in [2.45, 2.75) is 71.6 Å². The maximum absolute atomic E-state index is 15.5. The number of hydrazine groups is 1. The van der Waals surface area contributed by atoms with E-state index in [1.807, 2.05) is 0 Å². The third-order valence-electron chi connectivity index (χ3n) is 8.85. The Kier molecular flexibility index (Phi) is 11.8. The van der Waals surface area contributed by atoms with Gasteiger partial charge in [-0.2, -0.15) is 0 Å². The Morgan fingerprint density at radius 1 is 1.04 bits per heavy atom. The number of benzene rings is 2. The molecule has 0 aromatic heterocycles. The Hall–Kier alpha value is -2.00. The van der Waals surface area contributed by atoms with Crippen molar-refractivity contribution < 1.29 is 39.5 Å². The van der Waals surface area contributed by atoms with Crippen molar-refractivity contribution in [2.24, 2.45) is 17.7 Å². The van der Waals surface area contributed by atoms with Crippen LogP contribution in [0.1, 0.15) is 37.3 Å². The number of nitrogens with two attached hydrogens (primary N) is 1. The quantitative estimate of drug-likeness (QED) is 0.0603. The molecule has 18 heteroatoms. The van der Waals surface area contributed by atoms with Gasteiger partial charge in [0.25, 0.3) is 0 Å². The highest BCUT2D eigenvalue weighted by Gasteiger charge is 2.43. The van der Waals surface area contributed by atoms with Gasteiger partial charge in [-0.25, -0.2) is 40.2 Å². The highest BCUT2D eigenvalue weighted by atomic mass is 32.2. The van der Waals surface area contributed by atoms with Crippen LogP contribution in [0.5, 0.6) is 0 Å². The number of methoxy groups -OCH3 is 1. The molecule has 2 aliphatic heterocycles. The molecule has 1 aliphatic carbocycles. The Labute approximate surface area is 273 Å². The predicted molar refractivity (Wildman–Crippen MR) is 163 cm³/mol. The monoisotopic (exact) mass is 711 g/mol. The van der Waals surface area contributed by atoms with Gasteiger partial charge in [0.1, 0.15) is 17.4 Å². The van der Waals surface area contributed by atoms with E-state index in [2.05, 4.69) is 38.5 Å². The SMILES string of the molecule is COC1C(NC(CC(C)C2CC2)NN)NC(Sc2ccc(S(=O)(=O)C(F)c3c(F)c(F)cc(F)c3F)cc2F)NC1N1CCNCC1. The molecule has 7 unspecified atom stereocenters.